The number of ether oxygens (including phenoxy) is 1. The highest BCUT2D eigenvalue weighted by molar-refractivity contribution is 5.77. The summed E-state index contributed by atoms with van der Waals surface area (Å²) in [6, 6.07) is 3.69. The van der Waals surface area contributed by atoms with Gasteiger partial charge in [-0.05, 0) is 18.6 Å². The second kappa shape index (κ2) is 2.65. The molecule has 0 radical (unpaired) electrons. The van der Waals surface area contributed by atoms with Gasteiger partial charge in [-0.25, -0.2) is 4.79 Å². The van der Waals surface area contributed by atoms with E-state index in [1.165, 1.54) is 0 Å². The number of aromatic nitrogens is 2. The van der Waals surface area contributed by atoms with Crippen molar-refractivity contribution in [3.8, 4) is 5.75 Å². The normalized spacial score (nSPS) is 10.6. The Balaban J connectivity index is 2.80. The van der Waals surface area contributed by atoms with E-state index in [9.17, 15) is 4.79 Å². The van der Waals surface area contributed by atoms with Crippen LogP contribution < -0.4 is 10.4 Å². The Morgan fingerprint density at radius 3 is 2.46 bits per heavy atom. The van der Waals surface area contributed by atoms with Crippen molar-refractivity contribution in [2.24, 2.45) is 0 Å². The summed E-state index contributed by atoms with van der Waals surface area (Å²) >= 11 is 0. The Kier molecular flexibility index (Phi) is 1.62. The topological polar surface area (TPSA) is 57.9 Å². The minimum absolute atomic E-state index is 0.192. The van der Waals surface area contributed by atoms with E-state index in [-0.39, 0.29) is 5.69 Å². The lowest BCUT2D eigenvalue weighted by molar-refractivity contribution is 0.412. The molecule has 13 heavy (non-hydrogen) atoms. The molecular formula is C9H10N2O2. The summed E-state index contributed by atoms with van der Waals surface area (Å²) in [5.41, 5.74) is 2.39. The van der Waals surface area contributed by atoms with Crippen LogP contribution in [-0.4, -0.2) is 17.1 Å². The summed E-state index contributed by atoms with van der Waals surface area (Å²) in [6.07, 6.45) is 0. The molecule has 0 spiro atoms. The highest BCUT2D eigenvalue weighted by atomic mass is 16.5. The smallest absolute Gasteiger partial charge is 0.323 e. The minimum Gasteiger partial charge on any atom is -0.496 e. The summed E-state index contributed by atoms with van der Waals surface area (Å²) in [7, 11) is 1.61. The summed E-state index contributed by atoms with van der Waals surface area (Å²) in [5.74, 6) is 0.780. The fraction of sp³-hybridized carbons (Fsp3) is 0.222. The average Bonchev–Trinajstić information content (AvgIpc) is 2.42. The molecule has 0 saturated carbocycles. The number of hydrogen-bond donors (Lipinski definition) is 2. The third-order valence-corrected chi connectivity index (χ3v) is 2.03. The molecule has 0 aliphatic heterocycles. The van der Waals surface area contributed by atoms with Crippen LogP contribution in [0.1, 0.15) is 5.56 Å². The predicted molar refractivity (Wildman–Crippen MR) is 50.2 cm³/mol. The van der Waals surface area contributed by atoms with Crippen molar-refractivity contribution >= 4 is 11.0 Å². The van der Waals surface area contributed by atoms with E-state index in [1.54, 1.807) is 7.11 Å². The number of benzene rings is 1. The molecular weight excluding hydrogens is 168 g/mol. The maximum absolute atomic E-state index is 10.9. The largest absolute Gasteiger partial charge is 0.496 e. The fourth-order valence-corrected chi connectivity index (χ4v) is 1.39. The van der Waals surface area contributed by atoms with Gasteiger partial charge in [0.05, 0.1) is 18.1 Å². The van der Waals surface area contributed by atoms with Gasteiger partial charge in [0.15, 0.2) is 0 Å². The molecule has 4 heteroatoms. The van der Waals surface area contributed by atoms with Crippen molar-refractivity contribution in [1.29, 1.82) is 0 Å². The van der Waals surface area contributed by atoms with E-state index in [0.717, 1.165) is 22.3 Å². The van der Waals surface area contributed by atoms with Crippen LogP contribution in [0.25, 0.3) is 11.0 Å². The van der Waals surface area contributed by atoms with E-state index in [1.807, 2.05) is 19.1 Å². The molecule has 4 nitrogen and oxygen atoms in total. The summed E-state index contributed by atoms with van der Waals surface area (Å²) in [5, 5.41) is 0. The first kappa shape index (κ1) is 7.91. The van der Waals surface area contributed by atoms with Crippen LogP contribution in [0.3, 0.4) is 0 Å². The second-order valence-corrected chi connectivity index (χ2v) is 2.95. The number of hydrogen-bond acceptors (Lipinski definition) is 2. The van der Waals surface area contributed by atoms with Crippen molar-refractivity contribution in [3.63, 3.8) is 0 Å². The quantitative estimate of drug-likeness (QED) is 0.688. The molecule has 2 aromatic rings. The standard InChI is InChI=1S/C9H10N2O2/c1-5-3-6-7(4-8(5)13-2)11-9(12)10-6/h3-4H,1-2H3,(H2,10,11,12). The van der Waals surface area contributed by atoms with Crippen LogP contribution in [0, 0.1) is 6.92 Å². The molecule has 0 aliphatic rings. The van der Waals surface area contributed by atoms with Gasteiger partial charge in [-0.3, -0.25) is 0 Å². The van der Waals surface area contributed by atoms with Gasteiger partial charge in [0.25, 0.3) is 0 Å². The zero-order chi connectivity index (χ0) is 9.42. The molecule has 0 fully saturated rings. The van der Waals surface area contributed by atoms with Crippen molar-refractivity contribution in [2.45, 2.75) is 6.92 Å². The monoisotopic (exact) mass is 178 g/mol. The maximum Gasteiger partial charge on any atom is 0.323 e. The molecule has 1 heterocycles. The average molecular weight is 178 g/mol. The second-order valence-electron chi connectivity index (χ2n) is 2.95. The van der Waals surface area contributed by atoms with Gasteiger partial charge in [0, 0.05) is 6.07 Å². The van der Waals surface area contributed by atoms with Crippen molar-refractivity contribution in [1.82, 2.24) is 9.97 Å². The van der Waals surface area contributed by atoms with Crippen molar-refractivity contribution in [2.75, 3.05) is 7.11 Å². The number of H-pyrrole nitrogens is 2. The molecule has 0 atom stereocenters. The molecule has 0 amide bonds. The van der Waals surface area contributed by atoms with E-state index >= 15 is 0 Å². The minimum atomic E-state index is -0.192. The van der Waals surface area contributed by atoms with Gasteiger partial charge in [-0.1, -0.05) is 0 Å². The van der Waals surface area contributed by atoms with Crippen molar-refractivity contribution in [3.05, 3.63) is 28.2 Å². The molecule has 0 bridgehead atoms. The third kappa shape index (κ3) is 1.20. The van der Waals surface area contributed by atoms with Gasteiger partial charge >= 0.3 is 5.69 Å². The molecule has 1 aromatic heterocycles. The van der Waals surface area contributed by atoms with Crippen LogP contribution in [0.2, 0.25) is 0 Å². The zero-order valence-electron chi connectivity index (χ0n) is 7.47. The number of aryl methyl sites for hydroxylation is 1. The SMILES string of the molecule is COc1cc2[nH]c(=O)[nH]c2cc1C. The Labute approximate surface area is 74.5 Å². The first-order valence-corrected chi connectivity index (χ1v) is 3.97. The van der Waals surface area contributed by atoms with Gasteiger partial charge in [-0.2, -0.15) is 0 Å². The third-order valence-electron chi connectivity index (χ3n) is 2.03. The number of imidazole rings is 1. The summed E-state index contributed by atoms with van der Waals surface area (Å²) in [6.45, 7) is 1.93. The lowest BCUT2D eigenvalue weighted by atomic mass is 10.2. The van der Waals surface area contributed by atoms with E-state index in [0.29, 0.717) is 0 Å². The maximum atomic E-state index is 10.9. The lowest BCUT2D eigenvalue weighted by Crippen LogP contribution is -1.99. The lowest BCUT2D eigenvalue weighted by Gasteiger charge is -2.02. The summed E-state index contributed by atoms with van der Waals surface area (Å²) in [4.78, 5) is 16.3. The van der Waals surface area contributed by atoms with Gasteiger partial charge in [-0.15, -0.1) is 0 Å². The van der Waals surface area contributed by atoms with Crippen LogP contribution in [0.15, 0.2) is 16.9 Å². The summed E-state index contributed by atoms with van der Waals surface area (Å²) < 4.78 is 5.13. The number of nitrogens with one attached hydrogen (secondary N) is 2. The first-order valence-electron chi connectivity index (χ1n) is 3.97. The zero-order valence-corrected chi connectivity index (χ0v) is 7.47. The first-order chi connectivity index (χ1) is 6.20. The molecule has 0 aliphatic carbocycles. The Hall–Kier alpha value is -1.71. The highest BCUT2D eigenvalue weighted by Crippen LogP contribution is 2.21. The van der Waals surface area contributed by atoms with E-state index in [4.69, 9.17) is 4.74 Å². The molecule has 0 saturated heterocycles. The number of aromatic amines is 2. The van der Waals surface area contributed by atoms with Crippen LogP contribution in [0.5, 0.6) is 5.75 Å². The Morgan fingerprint density at radius 2 is 1.85 bits per heavy atom. The molecule has 0 unspecified atom stereocenters. The van der Waals surface area contributed by atoms with E-state index in [2.05, 4.69) is 9.97 Å². The molecule has 68 valence electrons. The predicted octanol–water partition coefficient (Wildman–Crippen LogP) is 1.17. The number of rotatable bonds is 1. The fourth-order valence-electron chi connectivity index (χ4n) is 1.39. The van der Waals surface area contributed by atoms with Gasteiger partial charge in [0.1, 0.15) is 5.75 Å². The van der Waals surface area contributed by atoms with Crippen LogP contribution in [-0.2, 0) is 0 Å². The van der Waals surface area contributed by atoms with Crippen LogP contribution in [0.4, 0.5) is 0 Å². The number of fused-ring (bicyclic) bond motifs is 1. The van der Waals surface area contributed by atoms with Gasteiger partial charge in [0.2, 0.25) is 0 Å². The van der Waals surface area contributed by atoms with Crippen molar-refractivity contribution < 1.29 is 4.74 Å². The Morgan fingerprint density at radius 1 is 1.23 bits per heavy atom. The highest BCUT2D eigenvalue weighted by Gasteiger charge is 2.03. The van der Waals surface area contributed by atoms with Crippen LogP contribution >= 0.6 is 0 Å². The van der Waals surface area contributed by atoms with Gasteiger partial charge < -0.3 is 14.7 Å². The Bertz CT molecular complexity index is 496. The number of methoxy groups -OCH3 is 1. The molecule has 1 aromatic carbocycles. The molecule has 2 rings (SSSR count). The molecule has 2 N–H and O–H groups in total. The van der Waals surface area contributed by atoms with E-state index < -0.39 is 0 Å².